The molecule has 0 fully saturated rings. The summed E-state index contributed by atoms with van der Waals surface area (Å²) < 4.78 is 26.6. The third-order valence-corrected chi connectivity index (χ3v) is 7.66. The van der Waals surface area contributed by atoms with Crippen LogP contribution in [0.5, 0.6) is 0 Å². The smallest absolute Gasteiger partial charge is 0.271 e. The third kappa shape index (κ3) is 7.55. The average molecular weight is 573 g/mol. The molecule has 0 heterocycles. The van der Waals surface area contributed by atoms with Gasteiger partial charge >= 0.3 is 0 Å². The van der Waals surface area contributed by atoms with Crippen molar-refractivity contribution in [2.75, 3.05) is 24.2 Å². The van der Waals surface area contributed by atoms with Crippen molar-refractivity contribution in [3.05, 3.63) is 105 Å². The summed E-state index contributed by atoms with van der Waals surface area (Å²) in [7, 11) is -2.61. The molecule has 1 N–H and O–H groups in total. The van der Waals surface area contributed by atoms with Gasteiger partial charge in [-0.05, 0) is 29.7 Å². The summed E-state index contributed by atoms with van der Waals surface area (Å²) in [6.07, 6.45) is 1.07. The number of amides is 2. The third-order valence-electron chi connectivity index (χ3n) is 6.17. The van der Waals surface area contributed by atoms with E-state index in [0.29, 0.717) is 16.1 Å². The molecule has 12 heteroatoms. The van der Waals surface area contributed by atoms with Gasteiger partial charge in [0.05, 0.1) is 16.9 Å². The standard InChI is InChI=1S/C27H29ClN4O6S/c1-19-13-14-22(32(35)36)16-24(19)31(39(3,37)38)18-26(33)30(17-21-11-7-8-12-23(21)28)25(27(34)29-2)15-20-9-5-4-6-10-20/h4-14,16,25H,15,17-18H2,1-3H3,(H,29,34)/t25-/m1/s1. The molecule has 10 nitrogen and oxygen atoms in total. The van der Waals surface area contributed by atoms with Crippen LogP contribution in [0, 0.1) is 17.0 Å². The molecule has 1 atom stereocenters. The Morgan fingerprint density at radius 1 is 1.05 bits per heavy atom. The van der Waals surface area contributed by atoms with Crippen LogP contribution in [0.3, 0.4) is 0 Å². The molecular formula is C27H29ClN4O6S. The zero-order chi connectivity index (χ0) is 28.7. The Hall–Kier alpha value is -3.96. The fourth-order valence-electron chi connectivity index (χ4n) is 4.11. The minimum atomic E-state index is -4.07. The maximum atomic E-state index is 13.9. The lowest BCUT2D eigenvalue weighted by molar-refractivity contribution is -0.384. The number of anilines is 1. The van der Waals surface area contributed by atoms with Crippen molar-refractivity contribution in [1.82, 2.24) is 10.2 Å². The van der Waals surface area contributed by atoms with Crippen LogP contribution >= 0.6 is 11.6 Å². The molecule has 0 radical (unpaired) electrons. The van der Waals surface area contributed by atoms with Crippen molar-refractivity contribution in [3.63, 3.8) is 0 Å². The van der Waals surface area contributed by atoms with Crippen LogP contribution in [0.4, 0.5) is 11.4 Å². The second-order valence-electron chi connectivity index (χ2n) is 8.93. The number of non-ortho nitro benzene ring substituents is 1. The van der Waals surface area contributed by atoms with Crippen molar-refractivity contribution in [2.45, 2.75) is 25.9 Å². The SMILES string of the molecule is CNC(=O)[C@@H](Cc1ccccc1)N(Cc1ccccc1Cl)C(=O)CN(c1cc([N+](=O)[O-])ccc1C)S(C)(=O)=O. The van der Waals surface area contributed by atoms with E-state index < -0.39 is 39.3 Å². The largest absolute Gasteiger partial charge is 0.357 e. The number of halogens is 1. The van der Waals surface area contributed by atoms with Gasteiger partial charge in [0, 0.05) is 37.2 Å². The number of nitrogens with one attached hydrogen (secondary N) is 1. The van der Waals surface area contributed by atoms with Crippen LogP contribution in [0.2, 0.25) is 5.02 Å². The van der Waals surface area contributed by atoms with Gasteiger partial charge in [0.25, 0.3) is 5.69 Å². The molecule has 0 aliphatic heterocycles. The van der Waals surface area contributed by atoms with E-state index in [-0.39, 0.29) is 24.3 Å². The van der Waals surface area contributed by atoms with E-state index in [1.54, 1.807) is 31.2 Å². The van der Waals surface area contributed by atoms with Crippen LogP contribution in [0.15, 0.2) is 72.8 Å². The molecule has 0 saturated carbocycles. The van der Waals surface area contributed by atoms with Gasteiger partial charge < -0.3 is 10.2 Å². The summed E-state index contributed by atoms with van der Waals surface area (Å²) in [5, 5.41) is 14.3. The maximum absolute atomic E-state index is 13.9. The average Bonchev–Trinajstić information content (AvgIpc) is 2.90. The fraction of sp³-hybridized carbons (Fsp3) is 0.259. The summed E-state index contributed by atoms with van der Waals surface area (Å²) in [5.41, 5.74) is 1.45. The Labute approximate surface area is 232 Å². The van der Waals surface area contributed by atoms with Gasteiger partial charge in [-0.25, -0.2) is 8.42 Å². The van der Waals surface area contributed by atoms with Crippen molar-refractivity contribution < 1.29 is 22.9 Å². The lowest BCUT2D eigenvalue weighted by Gasteiger charge is -2.33. The molecule has 0 aliphatic rings. The minimum absolute atomic E-state index is 0.00250. The van der Waals surface area contributed by atoms with Crippen molar-refractivity contribution in [1.29, 1.82) is 0 Å². The number of aryl methyl sites for hydroxylation is 1. The Balaban J connectivity index is 2.09. The van der Waals surface area contributed by atoms with Gasteiger partial charge in [0.1, 0.15) is 12.6 Å². The quantitative estimate of drug-likeness (QED) is 0.275. The number of carbonyl (C=O) groups is 2. The molecule has 0 aliphatic carbocycles. The van der Waals surface area contributed by atoms with Crippen LogP contribution in [0.1, 0.15) is 16.7 Å². The molecule has 0 saturated heterocycles. The zero-order valence-corrected chi connectivity index (χ0v) is 23.3. The van der Waals surface area contributed by atoms with Gasteiger partial charge in [0.2, 0.25) is 21.8 Å². The highest BCUT2D eigenvalue weighted by Gasteiger charge is 2.33. The lowest BCUT2D eigenvalue weighted by atomic mass is 10.0. The first-order valence-corrected chi connectivity index (χ1v) is 14.2. The van der Waals surface area contributed by atoms with E-state index in [1.807, 2.05) is 30.3 Å². The number of benzene rings is 3. The highest BCUT2D eigenvalue weighted by atomic mass is 35.5. The molecule has 2 amide bonds. The second-order valence-corrected chi connectivity index (χ2v) is 11.2. The van der Waals surface area contributed by atoms with Gasteiger partial charge in [-0.15, -0.1) is 0 Å². The van der Waals surface area contributed by atoms with Gasteiger partial charge in [-0.2, -0.15) is 0 Å². The highest BCUT2D eigenvalue weighted by molar-refractivity contribution is 7.92. The van der Waals surface area contributed by atoms with Crippen molar-refractivity contribution in [3.8, 4) is 0 Å². The number of hydrogen-bond donors (Lipinski definition) is 1. The molecule has 0 spiro atoms. The van der Waals surface area contributed by atoms with Crippen LogP contribution < -0.4 is 9.62 Å². The first kappa shape index (κ1) is 29.6. The van der Waals surface area contributed by atoms with E-state index >= 15 is 0 Å². The van der Waals surface area contributed by atoms with Crippen LogP contribution in [-0.4, -0.2) is 55.9 Å². The lowest BCUT2D eigenvalue weighted by Crippen LogP contribution is -2.53. The van der Waals surface area contributed by atoms with E-state index in [9.17, 15) is 28.1 Å². The van der Waals surface area contributed by atoms with Gasteiger partial charge in [-0.3, -0.25) is 24.0 Å². The maximum Gasteiger partial charge on any atom is 0.271 e. The molecule has 3 aromatic carbocycles. The number of rotatable bonds is 11. The van der Waals surface area contributed by atoms with E-state index in [2.05, 4.69) is 5.32 Å². The molecule has 0 bridgehead atoms. The topological polar surface area (TPSA) is 130 Å². The zero-order valence-electron chi connectivity index (χ0n) is 21.7. The Morgan fingerprint density at radius 2 is 1.69 bits per heavy atom. The van der Waals surface area contributed by atoms with Crippen molar-refractivity contribution in [2.24, 2.45) is 0 Å². The van der Waals surface area contributed by atoms with Gasteiger partial charge in [0.15, 0.2) is 0 Å². The predicted molar refractivity (Wildman–Crippen MR) is 150 cm³/mol. The molecule has 3 aromatic rings. The molecular weight excluding hydrogens is 544 g/mol. The summed E-state index contributed by atoms with van der Waals surface area (Å²) in [6.45, 7) is 0.828. The van der Waals surface area contributed by atoms with E-state index in [1.165, 1.54) is 24.1 Å². The van der Waals surface area contributed by atoms with E-state index in [4.69, 9.17) is 11.6 Å². The number of hydrogen-bond acceptors (Lipinski definition) is 6. The number of likely N-dealkylation sites (N-methyl/N-ethyl adjacent to an activating group) is 1. The summed E-state index contributed by atoms with van der Waals surface area (Å²) in [6, 6.07) is 18.7. The first-order chi connectivity index (χ1) is 18.4. The predicted octanol–water partition coefficient (Wildman–Crippen LogP) is 3.71. The number of nitrogens with zero attached hydrogens (tertiary/aromatic N) is 3. The normalized spacial score (nSPS) is 11.9. The molecule has 0 unspecified atom stereocenters. The van der Waals surface area contributed by atoms with Crippen LogP contribution in [0.25, 0.3) is 0 Å². The molecule has 206 valence electrons. The van der Waals surface area contributed by atoms with Gasteiger partial charge in [-0.1, -0.05) is 66.2 Å². The minimum Gasteiger partial charge on any atom is -0.357 e. The Morgan fingerprint density at radius 3 is 2.28 bits per heavy atom. The van der Waals surface area contributed by atoms with Crippen LogP contribution in [-0.2, 0) is 32.6 Å². The summed E-state index contributed by atoms with van der Waals surface area (Å²) >= 11 is 6.38. The monoisotopic (exact) mass is 572 g/mol. The first-order valence-electron chi connectivity index (χ1n) is 11.9. The van der Waals surface area contributed by atoms with Crippen molar-refractivity contribution >= 4 is 44.8 Å². The fourth-order valence-corrected chi connectivity index (χ4v) is 5.20. The summed E-state index contributed by atoms with van der Waals surface area (Å²) in [5.74, 6) is -1.13. The Kier molecular flexibility index (Phi) is 9.66. The Bertz CT molecular complexity index is 1470. The number of carbonyl (C=O) groups excluding carboxylic acids is 2. The van der Waals surface area contributed by atoms with E-state index in [0.717, 1.165) is 22.2 Å². The molecule has 0 aromatic heterocycles. The summed E-state index contributed by atoms with van der Waals surface area (Å²) in [4.78, 5) is 39.1. The molecule has 3 rings (SSSR count). The second kappa shape index (κ2) is 12.7. The molecule has 39 heavy (non-hydrogen) atoms. The number of nitro groups is 1. The number of nitro benzene ring substituents is 1. The highest BCUT2D eigenvalue weighted by Crippen LogP contribution is 2.28. The number of sulfonamides is 1.